The Kier molecular flexibility index (Phi) is 5.10. The van der Waals surface area contributed by atoms with Crippen LogP contribution in [0.5, 0.6) is 17.4 Å². The molecule has 1 aromatic carbocycles. The van der Waals surface area contributed by atoms with E-state index < -0.39 is 35.2 Å². The van der Waals surface area contributed by atoms with Crippen LogP contribution in [0.1, 0.15) is 16.2 Å². The largest absolute Gasteiger partial charge is 0.493 e. The van der Waals surface area contributed by atoms with Gasteiger partial charge in [-0.1, -0.05) is 6.07 Å². The number of ether oxygens (including phenoxy) is 2. The van der Waals surface area contributed by atoms with E-state index in [-0.39, 0.29) is 23.1 Å². The predicted octanol–water partition coefficient (Wildman–Crippen LogP) is 3.53. The minimum Gasteiger partial charge on any atom is -0.493 e. The molecule has 2 aromatic heterocycles. The fourth-order valence-electron chi connectivity index (χ4n) is 2.53. The first-order valence-corrected chi connectivity index (χ1v) is 7.83. The highest BCUT2D eigenvalue weighted by molar-refractivity contribution is 5.88. The summed E-state index contributed by atoms with van der Waals surface area (Å²) in [6.07, 6.45) is -2.83. The van der Waals surface area contributed by atoms with Crippen LogP contribution in [0.2, 0.25) is 0 Å². The molecule has 0 aliphatic rings. The Morgan fingerprint density at radius 1 is 1.21 bits per heavy atom. The number of carboxylic acids is 1. The molecule has 3 rings (SSSR count). The Bertz CT molecular complexity index is 1080. The molecule has 0 amide bonds. The fraction of sp³-hybridized carbons (Fsp3) is 0.176. The van der Waals surface area contributed by atoms with Crippen molar-refractivity contribution in [1.82, 2.24) is 19.5 Å². The van der Waals surface area contributed by atoms with E-state index >= 15 is 0 Å². The van der Waals surface area contributed by atoms with Crippen molar-refractivity contribution in [2.45, 2.75) is 6.18 Å². The number of carbonyl (C=O) groups is 1. The summed E-state index contributed by atoms with van der Waals surface area (Å²) in [7, 11) is 2.39. The highest BCUT2D eigenvalue weighted by Crippen LogP contribution is 2.35. The Morgan fingerprint density at radius 2 is 1.93 bits per heavy atom. The second-order valence-corrected chi connectivity index (χ2v) is 5.61. The number of alkyl halides is 3. The number of imidazole rings is 1. The van der Waals surface area contributed by atoms with Gasteiger partial charge in [0.1, 0.15) is 5.69 Å². The van der Waals surface area contributed by atoms with Crippen molar-refractivity contribution in [2.75, 3.05) is 7.11 Å². The molecule has 0 radical (unpaired) electrons. The summed E-state index contributed by atoms with van der Waals surface area (Å²) in [5, 5.41) is 9.13. The monoisotopic (exact) mass is 412 g/mol. The van der Waals surface area contributed by atoms with E-state index in [4.69, 9.17) is 14.6 Å². The molecule has 29 heavy (non-hydrogen) atoms. The highest BCUT2D eigenvalue weighted by atomic mass is 19.4. The molecule has 0 saturated carbocycles. The van der Waals surface area contributed by atoms with Gasteiger partial charge in [-0.05, 0) is 12.1 Å². The molecule has 2 heterocycles. The zero-order valence-electron chi connectivity index (χ0n) is 14.9. The van der Waals surface area contributed by atoms with Gasteiger partial charge in [0.2, 0.25) is 11.6 Å². The van der Waals surface area contributed by atoms with Gasteiger partial charge in [0.15, 0.2) is 28.8 Å². The van der Waals surface area contributed by atoms with Crippen molar-refractivity contribution >= 4 is 5.97 Å². The summed E-state index contributed by atoms with van der Waals surface area (Å²) in [5.74, 6) is -3.49. The lowest BCUT2D eigenvalue weighted by molar-refractivity contribution is -0.141. The third-order valence-corrected chi connectivity index (χ3v) is 3.77. The van der Waals surface area contributed by atoms with Crippen LogP contribution in [0, 0.1) is 5.82 Å². The number of methoxy groups -OCH3 is 1. The fourth-order valence-corrected chi connectivity index (χ4v) is 2.53. The third-order valence-electron chi connectivity index (χ3n) is 3.77. The number of hydrogen-bond acceptors (Lipinski definition) is 6. The Labute approximate surface area is 160 Å². The molecular formula is C17H12F4N4O4. The van der Waals surface area contributed by atoms with Crippen LogP contribution in [-0.4, -0.2) is 37.7 Å². The van der Waals surface area contributed by atoms with Crippen molar-refractivity contribution < 1.29 is 36.9 Å². The van der Waals surface area contributed by atoms with Crippen molar-refractivity contribution in [3.05, 3.63) is 47.8 Å². The summed E-state index contributed by atoms with van der Waals surface area (Å²) >= 11 is 0. The second-order valence-electron chi connectivity index (χ2n) is 5.61. The molecule has 0 aliphatic carbocycles. The van der Waals surface area contributed by atoms with Crippen LogP contribution in [0.25, 0.3) is 11.5 Å². The number of benzene rings is 1. The smallest absolute Gasteiger partial charge is 0.435 e. The molecule has 0 bridgehead atoms. The minimum atomic E-state index is -4.99. The van der Waals surface area contributed by atoms with Crippen LogP contribution in [0.15, 0.2) is 30.6 Å². The third kappa shape index (κ3) is 3.81. The van der Waals surface area contributed by atoms with Crippen molar-refractivity contribution in [1.29, 1.82) is 0 Å². The Balaban J connectivity index is 2.07. The standard InChI is InChI=1S/C17H12F4N4O4/c1-25-12(16(26)27)14(17(19,20)21)24-15(25)9-6-22-7-11(23-9)29-13-8(18)4-3-5-10(13)28-2/h3-7H,1-2H3,(H,26,27). The molecule has 3 aromatic rings. The van der Waals surface area contributed by atoms with E-state index in [0.717, 1.165) is 30.1 Å². The summed E-state index contributed by atoms with van der Waals surface area (Å²) in [6, 6.07) is 3.94. The lowest BCUT2D eigenvalue weighted by Gasteiger charge is -2.10. The number of nitrogens with zero attached hydrogens (tertiary/aromatic N) is 4. The molecule has 12 heteroatoms. The maximum atomic E-state index is 14.0. The number of halogens is 4. The van der Waals surface area contributed by atoms with Gasteiger partial charge in [0.05, 0.1) is 19.5 Å². The van der Waals surface area contributed by atoms with E-state index in [1.165, 1.54) is 19.2 Å². The van der Waals surface area contributed by atoms with E-state index in [0.29, 0.717) is 0 Å². The zero-order chi connectivity index (χ0) is 21.3. The number of carboxylic acid groups (broad SMARTS) is 1. The molecule has 0 fully saturated rings. The molecule has 152 valence electrons. The van der Waals surface area contributed by atoms with Gasteiger partial charge in [-0.15, -0.1) is 0 Å². The number of aromatic carboxylic acids is 1. The molecule has 1 N–H and O–H groups in total. The molecule has 0 atom stereocenters. The average Bonchev–Trinajstić information content (AvgIpc) is 3.01. The highest BCUT2D eigenvalue weighted by Gasteiger charge is 2.41. The van der Waals surface area contributed by atoms with Gasteiger partial charge in [-0.3, -0.25) is 4.98 Å². The lowest BCUT2D eigenvalue weighted by Crippen LogP contribution is -2.14. The van der Waals surface area contributed by atoms with Crippen LogP contribution in [-0.2, 0) is 13.2 Å². The van der Waals surface area contributed by atoms with Crippen molar-refractivity contribution in [3.63, 3.8) is 0 Å². The quantitative estimate of drug-likeness (QED) is 0.640. The predicted molar refractivity (Wildman–Crippen MR) is 89.2 cm³/mol. The number of aromatic nitrogens is 4. The van der Waals surface area contributed by atoms with E-state index in [9.17, 15) is 22.4 Å². The average molecular weight is 412 g/mol. The van der Waals surface area contributed by atoms with Crippen LogP contribution in [0.3, 0.4) is 0 Å². The topological polar surface area (TPSA) is 99.4 Å². The first-order valence-electron chi connectivity index (χ1n) is 7.83. The van der Waals surface area contributed by atoms with Crippen LogP contribution < -0.4 is 9.47 Å². The van der Waals surface area contributed by atoms with Crippen LogP contribution in [0.4, 0.5) is 17.6 Å². The minimum absolute atomic E-state index is 0.0571. The van der Waals surface area contributed by atoms with Gasteiger partial charge >= 0.3 is 12.1 Å². The van der Waals surface area contributed by atoms with Crippen LogP contribution >= 0.6 is 0 Å². The summed E-state index contributed by atoms with van der Waals surface area (Å²) in [4.78, 5) is 22.4. The number of para-hydroxylation sites is 1. The maximum Gasteiger partial charge on any atom is 0.435 e. The first-order chi connectivity index (χ1) is 13.6. The molecule has 8 nitrogen and oxygen atoms in total. The lowest BCUT2D eigenvalue weighted by atomic mass is 10.3. The van der Waals surface area contributed by atoms with Crippen molar-refractivity contribution in [2.24, 2.45) is 7.05 Å². The van der Waals surface area contributed by atoms with Gasteiger partial charge in [0.25, 0.3) is 0 Å². The first kappa shape index (κ1) is 20.0. The molecule has 0 unspecified atom stereocenters. The Hall–Kier alpha value is -3.70. The summed E-state index contributed by atoms with van der Waals surface area (Å²) in [6.45, 7) is 0. The molecule has 0 saturated heterocycles. The number of hydrogen-bond donors (Lipinski definition) is 1. The summed E-state index contributed by atoms with van der Waals surface area (Å²) < 4.78 is 64.6. The van der Waals surface area contributed by atoms with Gasteiger partial charge in [0, 0.05) is 7.05 Å². The van der Waals surface area contributed by atoms with Gasteiger partial charge in [-0.25, -0.2) is 19.2 Å². The Morgan fingerprint density at radius 3 is 2.52 bits per heavy atom. The van der Waals surface area contributed by atoms with Gasteiger partial charge < -0.3 is 19.1 Å². The van der Waals surface area contributed by atoms with E-state index in [1.54, 1.807) is 0 Å². The molecule has 0 aliphatic heterocycles. The summed E-state index contributed by atoms with van der Waals surface area (Å²) in [5.41, 5.74) is -2.85. The zero-order valence-corrected chi connectivity index (χ0v) is 14.9. The van der Waals surface area contributed by atoms with E-state index in [1.807, 2.05) is 0 Å². The number of rotatable bonds is 5. The molecular weight excluding hydrogens is 400 g/mol. The normalized spacial score (nSPS) is 11.4. The van der Waals surface area contributed by atoms with E-state index in [2.05, 4.69) is 15.0 Å². The SMILES string of the molecule is COc1cccc(F)c1Oc1cncc(-c2nc(C(F)(F)F)c(C(=O)O)n2C)n1. The van der Waals surface area contributed by atoms with Crippen molar-refractivity contribution in [3.8, 4) is 28.9 Å². The molecule has 0 spiro atoms. The van der Waals surface area contributed by atoms with Gasteiger partial charge in [-0.2, -0.15) is 13.2 Å². The maximum absolute atomic E-state index is 14.0. The second kappa shape index (κ2) is 7.37.